The normalized spacial score (nSPS) is 10.2. The predicted molar refractivity (Wildman–Crippen MR) is 65.4 cm³/mol. The summed E-state index contributed by atoms with van der Waals surface area (Å²) in [5.41, 5.74) is 2.45. The second-order valence-corrected chi connectivity index (χ2v) is 4.22. The summed E-state index contributed by atoms with van der Waals surface area (Å²) in [4.78, 5) is 24.9. The van der Waals surface area contributed by atoms with Crippen molar-refractivity contribution < 1.29 is 14.3 Å². The molecule has 2 aromatic rings. The first-order valence-corrected chi connectivity index (χ1v) is 5.95. The number of aromatic nitrogens is 3. The van der Waals surface area contributed by atoms with Crippen molar-refractivity contribution >= 4 is 17.1 Å². The lowest BCUT2D eigenvalue weighted by molar-refractivity contribution is 0.103. The first kappa shape index (κ1) is 12.4. The second kappa shape index (κ2) is 5.09. The van der Waals surface area contributed by atoms with Crippen molar-refractivity contribution in [1.29, 1.82) is 0 Å². The Morgan fingerprint density at radius 2 is 2.06 bits per heavy atom. The van der Waals surface area contributed by atoms with Crippen molar-refractivity contribution in [3.8, 4) is 11.8 Å². The second-order valence-electron chi connectivity index (χ2n) is 3.37. The molecule has 2 rings (SSSR count). The maximum absolute atomic E-state index is 12.3. The summed E-state index contributed by atoms with van der Waals surface area (Å²) in [6.45, 7) is 1.77. The molecule has 0 atom stereocenters. The number of ether oxygens (including phenoxy) is 2. The molecular weight excluding hydrogens is 254 g/mol. The summed E-state index contributed by atoms with van der Waals surface area (Å²) in [5, 5.41) is 0. The molecule has 0 unspecified atom stereocenters. The molecule has 6 nitrogen and oxygen atoms in total. The van der Waals surface area contributed by atoms with Crippen LogP contribution in [0.15, 0.2) is 11.7 Å². The highest BCUT2D eigenvalue weighted by Gasteiger charge is 2.21. The fourth-order valence-corrected chi connectivity index (χ4v) is 2.12. The Balaban J connectivity index is 2.45. The smallest absolute Gasteiger partial charge is 0.247 e. The number of rotatable bonds is 4. The average molecular weight is 265 g/mol. The highest BCUT2D eigenvalue weighted by atomic mass is 32.1. The van der Waals surface area contributed by atoms with Crippen molar-refractivity contribution in [2.45, 2.75) is 6.92 Å². The van der Waals surface area contributed by atoms with E-state index in [0.717, 1.165) is 0 Å². The van der Waals surface area contributed by atoms with Crippen molar-refractivity contribution in [2.75, 3.05) is 14.2 Å². The van der Waals surface area contributed by atoms with Gasteiger partial charge in [-0.3, -0.25) is 4.79 Å². The summed E-state index contributed by atoms with van der Waals surface area (Å²) in [7, 11) is 2.90. The zero-order valence-electron chi connectivity index (χ0n) is 10.1. The molecule has 0 aliphatic rings. The molecule has 0 bridgehead atoms. The van der Waals surface area contributed by atoms with E-state index in [-0.39, 0.29) is 17.4 Å². The summed E-state index contributed by atoms with van der Waals surface area (Å²) >= 11 is 1.27. The first-order valence-electron chi connectivity index (χ1n) is 5.07. The van der Waals surface area contributed by atoms with E-state index < -0.39 is 0 Å². The molecule has 0 saturated carbocycles. The van der Waals surface area contributed by atoms with Gasteiger partial charge in [-0.2, -0.15) is 4.98 Å². The number of methoxy groups -OCH3 is 2. The van der Waals surface area contributed by atoms with Gasteiger partial charge in [0, 0.05) is 0 Å². The summed E-state index contributed by atoms with van der Waals surface area (Å²) in [5.74, 6) is 0.193. The third-order valence-corrected chi connectivity index (χ3v) is 3.22. The molecule has 0 amide bonds. The minimum Gasteiger partial charge on any atom is -0.480 e. The lowest BCUT2D eigenvalue weighted by atomic mass is 10.2. The highest BCUT2D eigenvalue weighted by Crippen LogP contribution is 2.23. The Hall–Kier alpha value is -2.02. The van der Waals surface area contributed by atoms with Crippen LogP contribution in [0.25, 0.3) is 0 Å². The molecule has 0 aliphatic heterocycles. The summed E-state index contributed by atoms with van der Waals surface area (Å²) in [6.07, 6.45) is 1.38. The molecule has 0 N–H and O–H groups in total. The Morgan fingerprint density at radius 3 is 2.61 bits per heavy atom. The van der Waals surface area contributed by atoms with Gasteiger partial charge in [0.15, 0.2) is 5.69 Å². The van der Waals surface area contributed by atoms with Gasteiger partial charge in [0.1, 0.15) is 0 Å². The number of hydrogen-bond donors (Lipinski definition) is 0. The number of nitrogens with zero attached hydrogens (tertiary/aromatic N) is 3. The zero-order chi connectivity index (χ0) is 13.1. The van der Waals surface area contributed by atoms with Crippen molar-refractivity contribution in [3.05, 3.63) is 28.0 Å². The molecular formula is C11H11N3O3S. The van der Waals surface area contributed by atoms with E-state index in [1.165, 1.54) is 31.8 Å². The van der Waals surface area contributed by atoms with Crippen molar-refractivity contribution in [2.24, 2.45) is 0 Å². The molecule has 0 spiro atoms. The molecule has 2 aromatic heterocycles. The van der Waals surface area contributed by atoms with Gasteiger partial charge in [0.05, 0.1) is 36.5 Å². The average Bonchev–Trinajstić information content (AvgIpc) is 2.83. The van der Waals surface area contributed by atoms with Crippen molar-refractivity contribution in [3.63, 3.8) is 0 Å². The van der Waals surface area contributed by atoms with Crippen LogP contribution in [0.1, 0.15) is 21.1 Å². The highest BCUT2D eigenvalue weighted by molar-refractivity contribution is 7.12. The Bertz CT molecular complexity index is 583. The predicted octanol–water partition coefficient (Wildman–Crippen LogP) is 1.49. The van der Waals surface area contributed by atoms with Crippen molar-refractivity contribution in [1.82, 2.24) is 15.0 Å². The van der Waals surface area contributed by atoms with Gasteiger partial charge >= 0.3 is 0 Å². The van der Waals surface area contributed by atoms with E-state index in [9.17, 15) is 4.79 Å². The lowest BCUT2D eigenvalue weighted by Gasteiger charge is -2.06. The SMILES string of the molecule is COc1cnc(C(=O)c2scnc2C)c(OC)n1. The molecule has 7 heteroatoms. The molecule has 0 fully saturated rings. The molecule has 0 aliphatic carbocycles. The monoisotopic (exact) mass is 265 g/mol. The largest absolute Gasteiger partial charge is 0.480 e. The van der Waals surface area contributed by atoms with Gasteiger partial charge in [0.2, 0.25) is 17.5 Å². The van der Waals surface area contributed by atoms with Gasteiger partial charge in [-0.25, -0.2) is 9.97 Å². The zero-order valence-corrected chi connectivity index (χ0v) is 10.9. The number of aryl methyl sites for hydroxylation is 1. The van der Waals surface area contributed by atoms with Gasteiger partial charge in [-0.15, -0.1) is 11.3 Å². The Labute approximate surface area is 108 Å². The van der Waals surface area contributed by atoms with Crippen LogP contribution in [-0.2, 0) is 0 Å². The van der Waals surface area contributed by atoms with Crippen LogP contribution < -0.4 is 9.47 Å². The van der Waals surface area contributed by atoms with Crippen LogP contribution in [0.3, 0.4) is 0 Å². The van der Waals surface area contributed by atoms with Crippen LogP contribution in [0, 0.1) is 6.92 Å². The van der Waals surface area contributed by atoms with E-state index in [4.69, 9.17) is 9.47 Å². The van der Waals surface area contributed by atoms with Crippen LogP contribution in [-0.4, -0.2) is 35.0 Å². The number of carbonyl (C=O) groups excluding carboxylic acids is 1. The third kappa shape index (κ3) is 2.17. The third-order valence-electron chi connectivity index (χ3n) is 2.29. The molecule has 0 saturated heterocycles. The topological polar surface area (TPSA) is 74.2 Å². The molecule has 0 radical (unpaired) electrons. The van der Waals surface area contributed by atoms with Gasteiger partial charge in [0.25, 0.3) is 0 Å². The van der Waals surface area contributed by atoms with E-state index in [1.54, 1.807) is 12.4 Å². The number of ketones is 1. The standard InChI is InChI=1S/C11H11N3O3S/c1-6-10(18-5-13-6)9(15)8-11(17-3)14-7(16-2)4-12-8/h4-5H,1-3H3. The van der Waals surface area contributed by atoms with E-state index in [1.807, 2.05) is 0 Å². The minimum atomic E-state index is -0.248. The first-order chi connectivity index (χ1) is 8.67. The number of carbonyl (C=O) groups is 1. The van der Waals surface area contributed by atoms with Gasteiger partial charge in [-0.1, -0.05) is 0 Å². The maximum atomic E-state index is 12.3. The van der Waals surface area contributed by atoms with Crippen LogP contribution >= 0.6 is 11.3 Å². The van der Waals surface area contributed by atoms with Crippen LogP contribution in [0.2, 0.25) is 0 Å². The fourth-order valence-electron chi connectivity index (χ4n) is 1.38. The molecule has 2 heterocycles. The Kier molecular flexibility index (Phi) is 3.52. The summed E-state index contributed by atoms with van der Waals surface area (Å²) in [6, 6.07) is 0. The van der Waals surface area contributed by atoms with E-state index in [2.05, 4.69) is 15.0 Å². The summed E-state index contributed by atoms with van der Waals surface area (Å²) < 4.78 is 9.99. The molecule has 0 aromatic carbocycles. The van der Waals surface area contributed by atoms with E-state index >= 15 is 0 Å². The number of thiazole rings is 1. The lowest BCUT2D eigenvalue weighted by Crippen LogP contribution is -2.08. The van der Waals surface area contributed by atoms with E-state index in [0.29, 0.717) is 16.5 Å². The number of hydrogen-bond acceptors (Lipinski definition) is 7. The molecule has 18 heavy (non-hydrogen) atoms. The molecule has 94 valence electrons. The Morgan fingerprint density at radius 1 is 1.28 bits per heavy atom. The maximum Gasteiger partial charge on any atom is 0.247 e. The van der Waals surface area contributed by atoms with Crippen LogP contribution in [0.5, 0.6) is 11.8 Å². The fraction of sp³-hybridized carbons (Fsp3) is 0.273. The minimum absolute atomic E-state index is 0.146. The quantitative estimate of drug-likeness (QED) is 0.780. The van der Waals surface area contributed by atoms with Crippen LogP contribution in [0.4, 0.5) is 0 Å². The van der Waals surface area contributed by atoms with Gasteiger partial charge < -0.3 is 9.47 Å². The van der Waals surface area contributed by atoms with Gasteiger partial charge in [-0.05, 0) is 6.92 Å².